The fraction of sp³-hybridized carbons (Fsp3) is 0.650. The van der Waals surface area contributed by atoms with Gasteiger partial charge in [-0.2, -0.15) is 0 Å². The van der Waals surface area contributed by atoms with E-state index in [0.29, 0.717) is 24.6 Å². The van der Waals surface area contributed by atoms with Crippen LogP contribution in [0.4, 0.5) is 8.78 Å². The number of nitrogens with one attached hydrogen (secondary N) is 2. The summed E-state index contributed by atoms with van der Waals surface area (Å²) in [5, 5.41) is 6.63. The fourth-order valence-electron chi connectivity index (χ4n) is 2.84. The molecule has 0 fully saturated rings. The van der Waals surface area contributed by atoms with Crippen LogP contribution in [-0.4, -0.2) is 49.6 Å². The highest BCUT2D eigenvalue weighted by molar-refractivity contribution is 5.80. The first-order valence-corrected chi connectivity index (χ1v) is 9.70. The summed E-state index contributed by atoms with van der Waals surface area (Å²) in [5.41, 5.74) is 0.620. The summed E-state index contributed by atoms with van der Waals surface area (Å²) in [6, 6.07) is 3.91. The molecule has 1 unspecified atom stereocenters. The molecule has 2 N–H and O–H groups in total. The second kappa shape index (κ2) is 12.6. The van der Waals surface area contributed by atoms with Gasteiger partial charge in [0.1, 0.15) is 11.6 Å². The maximum absolute atomic E-state index is 13.2. The number of hydrogen-bond acceptors (Lipinski definition) is 2. The monoisotopic (exact) mass is 368 g/mol. The molecule has 0 heterocycles. The van der Waals surface area contributed by atoms with E-state index in [1.165, 1.54) is 12.1 Å². The maximum Gasteiger partial charge on any atom is 0.191 e. The molecule has 0 aliphatic heterocycles. The molecule has 1 atom stereocenters. The Morgan fingerprint density at radius 3 is 2.35 bits per heavy atom. The number of halogens is 2. The van der Waals surface area contributed by atoms with Crippen LogP contribution in [0.3, 0.4) is 0 Å². The second-order valence-electron chi connectivity index (χ2n) is 6.50. The number of aliphatic imine (C=N–C) groups is 1. The predicted molar refractivity (Wildman–Crippen MR) is 106 cm³/mol. The third-order valence-electron chi connectivity index (χ3n) is 4.33. The Morgan fingerprint density at radius 1 is 1.12 bits per heavy atom. The topological polar surface area (TPSA) is 39.7 Å². The largest absolute Gasteiger partial charge is 0.357 e. The van der Waals surface area contributed by atoms with Crippen LogP contribution in [0, 0.1) is 11.6 Å². The molecule has 1 rings (SSSR count). The van der Waals surface area contributed by atoms with Crippen LogP contribution in [0.2, 0.25) is 0 Å². The fourth-order valence-corrected chi connectivity index (χ4v) is 2.84. The van der Waals surface area contributed by atoms with Gasteiger partial charge in [0.2, 0.25) is 0 Å². The lowest BCUT2D eigenvalue weighted by atomic mass is 10.1. The van der Waals surface area contributed by atoms with Gasteiger partial charge in [0.15, 0.2) is 5.96 Å². The first-order valence-electron chi connectivity index (χ1n) is 9.70. The molecule has 4 nitrogen and oxygen atoms in total. The first-order chi connectivity index (χ1) is 12.5. The Kier molecular flexibility index (Phi) is 10.9. The van der Waals surface area contributed by atoms with Crippen molar-refractivity contribution in [1.29, 1.82) is 0 Å². The molecular weight excluding hydrogens is 334 g/mol. The average Bonchev–Trinajstić information content (AvgIpc) is 2.58. The van der Waals surface area contributed by atoms with E-state index in [1.54, 1.807) is 0 Å². The van der Waals surface area contributed by atoms with Crippen LogP contribution in [-0.2, 0) is 6.42 Å². The zero-order valence-electron chi connectivity index (χ0n) is 16.6. The third kappa shape index (κ3) is 9.13. The Bertz CT molecular complexity index is 524. The van der Waals surface area contributed by atoms with Crippen molar-refractivity contribution in [3.63, 3.8) is 0 Å². The smallest absolute Gasteiger partial charge is 0.191 e. The summed E-state index contributed by atoms with van der Waals surface area (Å²) < 4.78 is 26.5. The van der Waals surface area contributed by atoms with Crippen molar-refractivity contribution in [2.45, 2.75) is 53.0 Å². The van der Waals surface area contributed by atoms with Gasteiger partial charge >= 0.3 is 0 Å². The highest BCUT2D eigenvalue weighted by Gasteiger charge is 2.07. The maximum atomic E-state index is 13.2. The van der Waals surface area contributed by atoms with E-state index < -0.39 is 11.6 Å². The predicted octanol–water partition coefficient (Wildman–Crippen LogP) is 3.57. The molecule has 148 valence electrons. The molecule has 0 aliphatic rings. The quantitative estimate of drug-likeness (QED) is 0.463. The molecule has 0 amide bonds. The minimum Gasteiger partial charge on any atom is -0.357 e. The van der Waals surface area contributed by atoms with Crippen LogP contribution in [0.1, 0.15) is 46.1 Å². The molecule has 0 radical (unpaired) electrons. The zero-order valence-corrected chi connectivity index (χ0v) is 16.6. The van der Waals surface area contributed by atoms with Crippen LogP contribution in [0.15, 0.2) is 23.2 Å². The van der Waals surface area contributed by atoms with Crippen LogP contribution in [0.25, 0.3) is 0 Å². The van der Waals surface area contributed by atoms with Gasteiger partial charge in [-0.1, -0.05) is 13.8 Å². The summed E-state index contributed by atoms with van der Waals surface area (Å²) in [7, 11) is 0. The molecule has 26 heavy (non-hydrogen) atoms. The van der Waals surface area contributed by atoms with Gasteiger partial charge in [0.25, 0.3) is 0 Å². The summed E-state index contributed by atoms with van der Waals surface area (Å²) in [5.74, 6) is -0.341. The Hall–Kier alpha value is -1.69. The number of guanidine groups is 1. The Morgan fingerprint density at radius 2 is 1.77 bits per heavy atom. The highest BCUT2D eigenvalue weighted by Crippen LogP contribution is 2.08. The van der Waals surface area contributed by atoms with Crippen LogP contribution >= 0.6 is 0 Å². The van der Waals surface area contributed by atoms with Gasteiger partial charge in [-0.3, -0.25) is 4.99 Å². The molecule has 6 heteroatoms. The van der Waals surface area contributed by atoms with Crippen LogP contribution < -0.4 is 10.6 Å². The van der Waals surface area contributed by atoms with Gasteiger partial charge in [0.05, 0.1) is 0 Å². The molecule has 0 bridgehead atoms. The van der Waals surface area contributed by atoms with E-state index >= 15 is 0 Å². The van der Waals surface area contributed by atoms with Gasteiger partial charge in [-0.05, 0) is 70.4 Å². The van der Waals surface area contributed by atoms with Crippen molar-refractivity contribution < 1.29 is 8.78 Å². The lowest BCUT2D eigenvalue weighted by molar-refractivity contribution is 0.292. The molecule has 0 aromatic heterocycles. The lowest BCUT2D eigenvalue weighted by Gasteiger charge is -2.21. The van der Waals surface area contributed by atoms with Crippen molar-refractivity contribution in [1.82, 2.24) is 15.5 Å². The van der Waals surface area contributed by atoms with E-state index in [0.717, 1.165) is 51.0 Å². The highest BCUT2D eigenvalue weighted by atomic mass is 19.1. The van der Waals surface area contributed by atoms with E-state index in [9.17, 15) is 8.78 Å². The zero-order chi connectivity index (χ0) is 19.4. The summed E-state index contributed by atoms with van der Waals surface area (Å²) >= 11 is 0. The Balaban J connectivity index is 2.46. The molecular formula is C20H34F2N4. The normalized spacial score (nSPS) is 13.1. The molecule has 0 saturated carbocycles. The van der Waals surface area contributed by atoms with Crippen molar-refractivity contribution in [2.24, 2.45) is 4.99 Å². The second-order valence-corrected chi connectivity index (χ2v) is 6.50. The van der Waals surface area contributed by atoms with E-state index in [1.807, 2.05) is 6.92 Å². The molecule has 0 spiro atoms. The van der Waals surface area contributed by atoms with Gasteiger partial charge in [-0.25, -0.2) is 8.78 Å². The van der Waals surface area contributed by atoms with Crippen molar-refractivity contribution in [3.05, 3.63) is 35.4 Å². The molecule has 0 saturated heterocycles. The third-order valence-corrected chi connectivity index (χ3v) is 4.33. The lowest BCUT2D eigenvalue weighted by Crippen LogP contribution is -2.42. The number of rotatable bonds is 11. The minimum atomic E-state index is -0.546. The molecule has 1 aromatic rings. The average molecular weight is 369 g/mol. The summed E-state index contributed by atoms with van der Waals surface area (Å²) in [4.78, 5) is 6.94. The van der Waals surface area contributed by atoms with E-state index in [-0.39, 0.29) is 0 Å². The number of hydrogen-bond donors (Lipinski definition) is 2. The molecule has 0 aliphatic carbocycles. The summed E-state index contributed by atoms with van der Waals surface area (Å²) in [6.07, 6.45) is 2.70. The van der Waals surface area contributed by atoms with E-state index in [4.69, 9.17) is 0 Å². The van der Waals surface area contributed by atoms with Crippen molar-refractivity contribution in [2.75, 3.05) is 32.7 Å². The number of benzene rings is 1. The minimum absolute atomic E-state index is 0.315. The Labute approximate surface area is 157 Å². The van der Waals surface area contributed by atoms with Crippen LogP contribution in [0.5, 0.6) is 0 Å². The van der Waals surface area contributed by atoms with Gasteiger partial charge in [0, 0.05) is 25.2 Å². The van der Waals surface area contributed by atoms with Crippen molar-refractivity contribution in [3.8, 4) is 0 Å². The molecule has 1 aromatic carbocycles. The van der Waals surface area contributed by atoms with Crippen molar-refractivity contribution >= 4 is 5.96 Å². The summed E-state index contributed by atoms with van der Waals surface area (Å²) in [6.45, 7) is 13.1. The van der Waals surface area contributed by atoms with Gasteiger partial charge < -0.3 is 15.5 Å². The number of nitrogens with zero attached hydrogens (tertiary/aromatic N) is 2. The standard InChI is InChI=1S/C20H34F2N4/c1-5-23-20(25-16(4)9-8-12-26(6-2)7-3)24-11-10-17-13-18(21)15-19(22)14-17/h13-16H,5-12H2,1-4H3,(H2,23,24,25). The van der Waals surface area contributed by atoms with Gasteiger partial charge in [-0.15, -0.1) is 0 Å². The van der Waals surface area contributed by atoms with E-state index in [2.05, 4.69) is 41.3 Å². The SMILES string of the molecule is CCNC(=NCCc1cc(F)cc(F)c1)NC(C)CCCN(CC)CC. The first kappa shape index (κ1) is 22.4.